The first-order valence-corrected chi connectivity index (χ1v) is 10.1. The smallest absolute Gasteiger partial charge is 0.272 e. The number of ether oxygens (including phenoxy) is 1. The van der Waals surface area contributed by atoms with Crippen molar-refractivity contribution in [2.45, 2.75) is 13.3 Å². The minimum Gasteiger partial charge on any atom is -0.471 e. The fourth-order valence-corrected chi connectivity index (χ4v) is 3.53. The molecule has 2 heterocycles. The molecule has 0 aliphatic carbocycles. The molecule has 0 unspecified atom stereocenters. The van der Waals surface area contributed by atoms with E-state index < -0.39 is 0 Å². The lowest BCUT2D eigenvalue weighted by Gasteiger charge is -2.34. The molecule has 0 N–H and O–H groups in total. The van der Waals surface area contributed by atoms with Crippen LogP contribution in [0.5, 0.6) is 5.75 Å². The van der Waals surface area contributed by atoms with Crippen molar-refractivity contribution in [3.8, 4) is 5.75 Å². The highest BCUT2D eigenvalue weighted by molar-refractivity contribution is 6.30. The molecule has 1 aliphatic rings. The number of nitrogens with zero attached hydrogens (tertiary/aromatic N) is 4. The number of rotatable bonds is 6. The average molecular weight is 429 g/mol. The van der Waals surface area contributed by atoms with Crippen LogP contribution >= 0.6 is 11.6 Å². The van der Waals surface area contributed by atoms with Gasteiger partial charge in [0, 0.05) is 43.9 Å². The fourth-order valence-electron chi connectivity index (χ4n) is 3.40. The molecule has 0 bridgehead atoms. The third-order valence-corrected chi connectivity index (χ3v) is 5.33. The molecule has 2 aromatic carbocycles. The molecule has 0 atom stereocenters. The van der Waals surface area contributed by atoms with Crippen LogP contribution in [0.3, 0.4) is 0 Å². The summed E-state index contributed by atoms with van der Waals surface area (Å²) >= 11 is 5.88. The number of halogens is 2. The first-order chi connectivity index (χ1) is 14.6. The van der Waals surface area contributed by atoms with E-state index in [0.717, 1.165) is 25.2 Å². The van der Waals surface area contributed by atoms with Crippen LogP contribution in [0.15, 0.2) is 60.8 Å². The van der Waals surface area contributed by atoms with Crippen molar-refractivity contribution in [1.82, 2.24) is 19.6 Å². The monoisotopic (exact) mass is 428 g/mol. The van der Waals surface area contributed by atoms with E-state index in [0.29, 0.717) is 29.6 Å². The largest absolute Gasteiger partial charge is 0.471 e. The van der Waals surface area contributed by atoms with Crippen molar-refractivity contribution in [1.29, 1.82) is 0 Å². The maximum atomic E-state index is 13.1. The number of carbonyl (C=O) groups excluding carboxylic acids is 1. The van der Waals surface area contributed by atoms with Crippen LogP contribution in [0, 0.1) is 5.82 Å². The van der Waals surface area contributed by atoms with Gasteiger partial charge in [-0.1, -0.05) is 23.7 Å². The molecule has 8 heteroatoms. The molecule has 0 saturated carbocycles. The summed E-state index contributed by atoms with van der Waals surface area (Å²) < 4.78 is 20.3. The molecule has 6 nitrogen and oxygen atoms in total. The topological polar surface area (TPSA) is 50.6 Å². The molecule has 156 valence electrons. The molecule has 1 saturated heterocycles. The molecule has 1 aliphatic heterocycles. The summed E-state index contributed by atoms with van der Waals surface area (Å²) in [5.74, 6) is 0.363. The van der Waals surface area contributed by atoms with Gasteiger partial charge in [0.1, 0.15) is 17.3 Å². The van der Waals surface area contributed by atoms with E-state index in [9.17, 15) is 9.18 Å². The van der Waals surface area contributed by atoms with Crippen LogP contribution in [0.1, 0.15) is 16.1 Å². The van der Waals surface area contributed by atoms with Gasteiger partial charge in [-0.25, -0.2) is 9.07 Å². The Morgan fingerprint density at radius 1 is 1.00 bits per heavy atom. The summed E-state index contributed by atoms with van der Waals surface area (Å²) in [5, 5.41) is 4.85. The van der Waals surface area contributed by atoms with Crippen LogP contribution in [-0.2, 0) is 13.3 Å². The van der Waals surface area contributed by atoms with E-state index >= 15 is 0 Å². The van der Waals surface area contributed by atoms with Crippen molar-refractivity contribution >= 4 is 17.5 Å². The van der Waals surface area contributed by atoms with Crippen molar-refractivity contribution < 1.29 is 13.9 Å². The Morgan fingerprint density at radius 2 is 1.70 bits per heavy atom. The highest BCUT2D eigenvalue weighted by Crippen LogP contribution is 2.17. The molecule has 0 radical (unpaired) electrons. The fraction of sp³-hybridized carbons (Fsp3) is 0.273. The van der Waals surface area contributed by atoms with E-state index in [1.807, 2.05) is 4.90 Å². The summed E-state index contributed by atoms with van der Waals surface area (Å²) in [5.41, 5.74) is 1.56. The second-order valence-electron chi connectivity index (χ2n) is 7.14. The van der Waals surface area contributed by atoms with Gasteiger partial charge in [-0.05, 0) is 48.0 Å². The molecule has 3 aromatic rings. The molecular weight excluding hydrogens is 407 g/mol. The van der Waals surface area contributed by atoms with E-state index in [2.05, 4.69) is 10.00 Å². The van der Waals surface area contributed by atoms with Gasteiger partial charge in [-0.15, -0.1) is 0 Å². The van der Waals surface area contributed by atoms with Crippen LogP contribution in [0.2, 0.25) is 5.02 Å². The highest BCUT2D eigenvalue weighted by atomic mass is 35.5. The van der Waals surface area contributed by atoms with Crippen LogP contribution in [0.25, 0.3) is 0 Å². The summed E-state index contributed by atoms with van der Waals surface area (Å²) in [6, 6.07) is 15.3. The zero-order valence-electron chi connectivity index (χ0n) is 16.4. The normalized spacial score (nSPS) is 14.7. The van der Waals surface area contributed by atoms with Crippen LogP contribution < -0.4 is 4.74 Å². The van der Waals surface area contributed by atoms with E-state index in [1.54, 1.807) is 53.3 Å². The maximum Gasteiger partial charge on any atom is 0.272 e. The molecule has 30 heavy (non-hydrogen) atoms. The Bertz CT molecular complexity index is 983. The standard InChI is InChI=1S/C22H22ClFN4O2/c23-18-3-7-20(8-4-18)30-16-28-21(9-10-25-28)22(29)27-13-11-26(12-14-27)15-17-1-5-19(24)6-2-17/h1-10H,11-16H2. The van der Waals surface area contributed by atoms with Crippen LogP contribution in [0.4, 0.5) is 4.39 Å². The molecular formula is C22H22ClFN4O2. The van der Waals surface area contributed by atoms with Gasteiger partial charge in [0.15, 0.2) is 6.73 Å². The number of amides is 1. The number of carbonyl (C=O) groups is 1. The average Bonchev–Trinajstić information content (AvgIpc) is 3.24. The lowest BCUT2D eigenvalue weighted by molar-refractivity contribution is 0.0607. The third-order valence-electron chi connectivity index (χ3n) is 5.08. The van der Waals surface area contributed by atoms with E-state index in [-0.39, 0.29) is 18.5 Å². The quantitative estimate of drug-likeness (QED) is 0.601. The van der Waals surface area contributed by atoms with Crippen molar-refractivity contribution in [2.24, 2.45) is 0 Å². The molecule has 1 aromatic heterocycles. The number of piperazine rings is 1. The Hall–Kier alpha value is -2.90. The van der Waals surface area contributed by atoms with E-state index in [4.69, 9.17) is 16.3 Å². The predicted molar refractivity (Wildman–Crippen MR) is 112 cm³/mol. The van der Waals surface area contributed by atoms with Gasteiger partial charge in [0.2, 0.25) is 0 Å². The first kappa shape index (κ1) is 20.4. The minimum absolute atomic E-state index is 0.0614. The number of aromatic nitrogens is 2. The van der Waals surface area contributed by atoms with Gasteiger partial charge in [0.25, 0.3) is 5.91 Å². The van der Waals surface area contributed by atoms with Crippen LogP contribution in [-0.4, -0.2) is 51.7 Å². The minimum atomic E-state index is -0.231. The second-order valence-corrected chi connectivity index (χ2v) is 7.57. The predicted octanol–water partition coefficient (Wildman–Crippen LogP) is 3.67. The highest BCUT2D eigenvalue weighted by Gasteiger charge is 2.24. The Morgan fingerprint density at radius 3 is 2.40 bits per heavy atom. The molecule has 1 fully saturated rings. The Kier molecular flexibility index (Phi) is 6.30. The van der Waals surface area contributed by atoms with Crippen molar-refractivity contribution in [3.05, 3.63) is 82.9 Å². The Labute approximate surface area is 179 Å². The summed E-state index contributed by atoms with van der Waals surface area (Å²) in [7, 11) is 0. The lowest BCUT2D eigenvalue weighted by atomic mass is 10.2. The second kappa shape index (κ2) is 9.28. The maximum absolute atomic E-state index is 13.1. The Balaban J connectivity index is 1.31. The molecule has 4 rings (SSSR count). The van der Waals surface area contributed by atoms with Crippen molar-refractivity contribution in [3.63, 3.8) is 0 Å². The van der Waals surface area contributed by atoms with Gasteiger partial charge in [0.05, 0.1) is 0 Å². The summed E-state index contributed by atoms with van der Waals surface area (Å²) in [6.45, 7) is 3.67. The molecule has 0 spiro atoms. The zero-order chi connectivity index (χ0) is 20.9. The SMILES string of the molecule is O=C(c1ccnn1COc1ccc(Cl)cc1)N1CCN(Cc2ccc(F)cc2)CC1. The lowest BCUT2D eigenvalue weighted by Crippen LogP contribution is -2.48. The van der Waals surface area contributed by atoms with Gasteiger partial charge in [-0.3, -0.25) is 9.69 Å². The number of hydrogen-bond acceptors (Lipinski definition) is 4. The number of benzene rings is 2. The van der Waals surface area contributed by atoms with Gasteiger partial charge >= 0.3 is 0 Å². The number of hydrogen-bond donors (Lipinski definition) is 0. The zero-order valence-corrected chi connectivity index (χ0v) is 17.1. The van der Waals surface area contributed by atoms with Crippen molar-refractivity contribution in [2.75, 3.05) is 26.2 Å². The van der Waals surface area contributed by atoms with Gasteiger partial charge < -0.3 is 9.64 Å². The van der Waals surface area contributed by atoms with E-state index in [1.165, 1.54) is 12.1 Å². The van der Waals surface area contributed by atoms with Gasteiger partial charge in [-0.2, -0.15) is 5.10 Å². The first-order valence-electron chi connectivity index (χ1n) is 9.75. The molecule has 1 amide bonds. The summed E-state index contributed by atoms with van der Waals surface area (Å²) in [4.78, 5) is 17.1. The summed E-state index contributed by atoms with van der Waals surface area (Å²) in [6.07, 6.45) is 1.60. The third kappa shape index (κ3) is 4.98.